The molecule has 23 heavy (non-hydrogen) atoms. The summed E-state index contributed by atoms with van der Waals surface area (Å²) in [4.78, 5) is 16.3. The minimum absolute atomic E-state index is 0.0612. The highest BCUT2D eigenvalue weighted by Gasteiger charge is 2.02. The third kappa shape index (κ3) is 4.41. The smallest absolute Gasteiger partial charge is 0.269 e. The Labute approximate surface area is 134 Å². The number of hydrogen-bond acceptors (Lipinski definition) is 4. The van der Waals surface area contributed by atoms with E-state index in [1.807, 2.05) is 43.3 Å². The van der Waals surface area contributed by atoms with Crippen molar-refractivity contribution in [2.24, 2.45) is 10.7 Å². The Bertz CT molecular complexity index is 732. The molecule has 2 N–H and O–H groups in total. The predicted octanol–water partition coefficient (Wildman–Crippen LogP) is 3.04. The molecule has 0 fully saturated rings. The molecule has 0 atom stereocenters. The predicted molar refractivity (Wildman–Crippen MR) is 93.6 cm³/mol. The van der Waals surface area contributed by atoms with Crippen molar-refractivity contribution >= 4 is 23.3 Å². The molecule has 0 unspecified atom stereocenters. The van der Waals surface area contributed by atoms with E-state index < -0.39 is 4.92 Å². The fourth-order valence-corrected chi connectivity index (χ4v) is 1.92. The Morgan fingerprint density at radius 2 is 1.74 bits per heavy atom. The molecule has 0 saturated heterocycles. The van der Waals surface area contributed by atoms with Crippen LogP contribution in [0.3, 0.4) is 0 Å². The van der Waals surface area contributed by atoms with Gasteiger partial charge in [0.2, 0.25) is 0 Å². The van der Waals surface area contributed by atoms with Gasteiger partial charge in [0.1, 0.15) is 5.84 Å². The van der Waals surface area contributed by atoms with Crippen molar-refractivity contribution in [1.82, 2.24) is 0 Å². The Kier molecular flexibility index (Phi) is 5.09. The summed E-state index contributed by atoms with van der Waals surface area (Å²) in [7, 11) is 3.94. The second kappa shape index (κ2) is 7.22. The Morgan fingerprint density at radius 3 is 2.26 bits per heavy atom. The van der Waals surface area contributed by atoms with Crippen LogP contribution in [0, 0.1) is 10.1 Å². The van der Waals surface area contributed by atoms with Gasteiger partial charge in [-0.2, -0.15) is 0 Å². The van der Waals surface area contributed by atoms with Crippen LogP contribution in [-0.2, 0) is 0 Å². The number of benzene rings is 2. The Hall–Kier alpha value is -3.15. The number of nitro benzene ring substituents is 1. The largest absolute Gasteiger partial charge is 0.383 e. The van der Waals surface area contributed by atoms with Crippen LogP contribution in [0.4, 0.5) is 11.4 Å². The van der Waals surface area contributed by atoms with E-state index in [4.69, 9.17) is 5.73 Å². The van der Waals surface area contributed by atoms with Gasteiger partial charge in [0.15, 0.2) is 0 Å². The number of amidine groups is 1. The van der Waals surface area contributed by atoms with Crippen LogP contribution in [0.1, 0.15) is 11.1 Å². The van der Waals surface area contributed by atoms with E-state index in [1.54, 1.807) is 24.4 Å². The van der Waals surface area contributed by atoms with Crippen LogP contribution >= 0.6 is 0 Å². The molecule has 0 heterocycles. The Balaban J connectivity index is 2.07. The van der Waals surface area contributed by atoms with Crippen LogP contribution in [0.15, 0.2) is 59.7 Å². The summed E-state index contributed by atoms with van der Waals surface area (Å²) in [5, 5.41) is 10.6. The molecule has 2 aromatic rings. The number of anilines is 1. The molecule has 2 rings (SSSR count). The van der Waals surface area contributed by atoms with Gasteiger partial charge in [-0.1, -0.05) is 0 Å². The lowest BCUT2D eigenvalue weighted by atomic mass is 10.2. The van der Waals surface area contributed by atoms with Crippen LogP contribution in [0.5, 0.6) is 0 Å². The van der Waals surface area contributed by atoms with Gasteiger partial charge in [-0.05, 0) is 48.0 Å². The number of rotatable bonds is 5. The van der Waals surface area contributed by atoms with Gasteiger partial charge in [-0.3, -0.25) is 10.1 Å². The number of nitrogens with zero attached hydrogens (tertiary/aromatic N) is 3. The van der Waals surface area contributed by atoms with Gasteiger partial charge in [-0.15, -0.1) is 0 Å². The third-order valence-electron chi connectivity index (χ3n) is 3.26. The van der Waals surface area contributed by atoms with E-state index in [2.05, 4.69) is 4.99 Å². The van der Waals surface area contributed by atoms with E-state index in [0.29, 0.717) is 5.84 Å². The van der Waals surface area contributed by atoms with Crippen LogP contribution < -0.4 is 10.6 Å². The van der Waals surface area contributed by atoms with Crippen LogP contribution in [0.25, 0.3) is 6.08 Å². The molecule has 0 radical (unpaired) electrons. The summed E-state index contributed by atoms with van der Waals surface area (Å²) in [5.74, 6) is 0.411. The van der Waals surface area contributed by atoms with Crippen molar-refractivity contribution in [2.45, 2.75) is 0 Å². The standard InChI is InChI=1S/C17H18N4O2/c1-20(2)15-9-5-14(6-10-15)17(18)19-12-11-13-3-7-16(8-4-13)21(22)23/h3-12H,1-2H3,(H2,18,19). The first-order chi connectivity index (χ1) is 11.0. The van der Waals surface area contributed by atoms with Crippen LogP contribution in [-0.4, -0.2) is 24.9 Å². The monoisotopic (exact) mass is 310 g/mol. The zero-order valence-corrected chi connectivity index (χ0v) is 13.0. The second-order valence-corrected chi connectivity index (χ2v) is 5.12. The maximum Gasteiger partial charge on any atom is 0.269 e. The average Bonchev–Trinajstić information content (AvgIpc) is 2.55. The van der Waals surface area contributed by atoms with Crippen molar-refractivity contribution in [1.29, 1.82) is 0 Å². The number of nitrogens with two attached hydrogens (primary N) is 1. The van der Waals surface area contributed by atoms with Crippen molar-refractivity contribution < 1.29 is 4.92 Å². The van der Waals surface area contributed by atoms with Gasteiger partial charge in [-0.25, -0.2) is 4.99 Å². The topological polar surface area (TPSA) is 84.8 Å². The molecule has 0 aliphatic carbocycles. The highest BCUT2D eigenvalue weighted by Crippen LogP contribution is 2.14. The summed E-state index contributed by atoms with van der Waals surface area (Å²) < 4.78 is 0. The molecule has 0 aliphatic heterocycles. The summed E-state index contributed by atoms with van der Waals surface area (Å²) in [6.45, 7) is 0. The molecule has 0 spiro atoms. The molecule has 0 aromatic heterocycles. The Morgan fingerprint density at radius 1 is 1.13 bits per heavy atom. The summed E-state index contributed by atoms with van der Waals surface area (Å²) in [6, 6.07) is 14.0. The first kappa shape index (κ1) is 16.2. The van der Waals surface area contributed by atoms with Crippen LogP contribution in [0.2, 0.25) is 0 Å². The first-order valence-electron chi connectivity index (χ1n) is 6.99. The van der Waals surface area contributed by atoms with Crippen molar-refractivity contribution in [3.63, 3.8) is 0 Å². The molecule has 0 saturated carbocycles. The summed E-state index contributed by atoms with van der Waals surface area (Å²) in [5.41, 5.74) is 8.74. The zero-order valence-electron chi connectivity index (χ0n) is 13.0. The SMILES string of the molecule is CN(C)c1ccc(C(N)=NC=Cc2ccc([N+](=O)[O-])cc2)cc1. The van der Waals surface area contributed by atoms with Gasteiger partial charge >= 0.3 is 0 Å². The van der Waals surface area contributed by atoms with Gasteiger partial charge in [0, 0.05) is 43.7 Å². The van der Waals surface area contributed by atoms with Gasteiger partial charge in [0.05, 0.1) is 4.92 Å². The lowest BCUT2D eigenvalue weighted by Crippen LogP contribution is -2.13. The molecule has 118 valence electrons. The zero-order chi connectivity index (χ0) is 16.8. The fourth-order valence-electron chi connectivity index (χ4n) is 1.92. The van der Waals surface area contributed by atoms with E-state index in [9.17, 15) is 10.1 Å². The molecule has 6 nitrogen and oxygen atoms in total. The van der Waals surface area contributed by atoms with E-state index in [1.165, 1.54) is 12.1 Å². The summed E-state index contributed by atoms with van der Waals surface area (Å²) >= 11 is 0. The van der Waals surface area contributed by atoms with Crippen molar-refractivity contribution in [3.8, 4) is 0 Å². The van der Waals surface area contributed by atoms with E-state index >= 15 is 0 Å². The quantitative estimate of drug-likeness (QED) is 0.398. The number of nitro groups is 1. The average molecular weight is 310 g/mol. The maximum absolute atomic E-state index is 10.6. The highest BCUT2D eigenvalue weighted by molar-refractivity contribution is 5.98. The van der Waals surface area contributed by atoms with Gasteiger partial charge in [0.25, 0.3) is 5.69 Å². The first-order valence-corrected chi connectivity index (χ1v) is 6.99. The molecule has 0 bridgehead atoms. The van der Waals surface area contributed by atoms with E-state index in [-0.39, 0.29) is 5.69 Å². The lowest BCUT2D eigenvalue weighted by Gasteiger charge is -2.12. The second-order valence-electron chi connectivity index (χ2n) is 5.12. The number of non-ortho nitro benzene ring substituents is 1. The fraction of sp³-hybridized carbons (Fsp3) is 0.118. The number of hydrogen-bond donors (Lipinski definition) is 1. The molecule has 6 heteroatoms. The van der Waals surface area contributed by atoms with Crippen molar-refractivity contribution in [2.75, 3.05) is 19.0 Å². The number of aliphatic imine (C=N–C) groups is 1. The maximum atomic E-state index is 10.6. The molecule has 0 amide bonds. The minimum Gasteiger partial charge on any atom is -0.383 e. The van der Waals surface area contributed by atoms with Gasteiger partial charge < -0.3 is 10.6 Å². The molecular weight excluding hydrogens is 292 g/mol. The molecule has 0 aliphatic rings. The molecular formula is C17H18N4O2. The summed E-state index contributed by atoms with van der Waals surface area (Å²) in [6.07, 6.45) is 3.32. The van der Waals surface area contributed by atoms with Crippen molar-refractivity contribution in [3.05, 3.63) is 76.0 Å². The van der Waals surface area contributed by atoms with E-state index in [0.717, 1.165) is 16.8 Å². The highest BCUT2D eigenvalue weighted by atomic mass is 16.6. The third-order valence-corrected chi connectivity index (χ3v) is 3.26. The lowest BCUT2D eigenvalue weighted by molar-refractivity contribution is -0.384. The minimum atomic E-state index is -0.430. The normalized spacial score (nSPS) is 11.7. The molecule has 2 aromatic carbocycles.